The Morgan fingerprint density at radius 1 is 0.789 bits per heavy atom. The first-order valence-electron chi connectivity index (χ1n) is 22.1. The maximum Gasteiger partial charge on any atom is 0.472 e. The number of esters is 2. The van der Waals surface area contributed by atoms with E-state index in [0.29, 0.717) is 32.1 Å². The minimum absolute atomic E-state index is 0.0337. The zero-order chi connectivity index (χ0) is 42.3. The SMILES string of the molecule is CCCCC[C@H](O)/C=C/[C@H]1[C@H](O)CC(=O)[C@@H]1CCCCCCC(=O)OC[C@H](COP(=O)(O)OC[C@@H](O)CO)OC(=O)CCCCCCCCCCCCC(C)CC. The van der Waals surface area contributed by atoms with Crippen molar-refractivity contribution in [2.75, 3.05) is 26.4 Å². The molecule has 1 saturated carbocycles. The molecule has 8 atom stereocenters. The molecule has 1 aliphatic rings. The van der Waals surface area contributed by atoms with E-state index in [9.17, 15) is 39.2 Å². The van der Waals surface area contributed by atoms with Crippen molar-refractivity contribution in [3.63, 3.8) is 0 Å². The monoisotopic (exact) mass is 835 g/mol. The summed E-state index contributed by atoms with van der Waals surface area (Å²) in [5, 5.41) is 39.1. The average molecular weight is 835 g/mol. The number of carbonyl (C=O) groups is 3. The lowest BCUT2D eigenvalue weighted by molar-refractivity contribution is -0.161. The van der Waals surface area contributed by atoms with Crippen LogP contribution in [-0.2, 0) is 37.5 Å². The van der Waals surface area contributed by atoms with E-state index in [1.807, 2.05) is 0 Å². The van der Waals surface area contributed by atoms with Crippen LogP contribution < -0.4 is 0 Å². The van der Waals surface area contributed by atoms with E-state index >= 15 is 0 Å². The number of ketones is 1. The van der Waals surface area contributed by atoms with Gasteiger partial charge in [-0.05, 0) is 31.6 Å². The third-order valence-corrected chi connectivity index (χ3v) is 11.8. The molecule has 0 aromatic rings. The molecule has 2 unspecified atom stereocenters. The van der Waals surface area contributed by atoms with Crippen LogP contribution in [0, 0.1) is 17.8 Å². The predicted molar refractivity (Wildman–Crippen MR) is 220 cm³/mol. The molecule has 0 amide bonds. The summed E-state index contributed by atoms with van der Waals surface area (Å²) in [4.78, 5) is 47.7. The molecule has 13 nitrogen and oxygen atoms in total. The van der Waals surface area contributed by atoms with Gasteiger partial charge in [-0.2, -0.15) is 0 Å². The smallest absolute Gasteiger partial charge is 0.462 e. The summed E-state index contributed by atoms with van der Waals surface area (Å²) < 4.78 is 32.7. The van der Waals surface area contributed by atoms with Crippen LogP contribution in [0.2, 0.25) is 0 Å². The highest BCUT2D eigenvalue weighted by Gasteiger charge is 2.39. The summed E-state index contributed by atoms with van der Waals surface area (Å²) in [5.74, 6) is -0.828. The van der Waals surface area contributed by atoms with Crippen molar-refractivity contribution >= 4 is 25.5 Å². The number of aliphatic hydroxyl groups is 4. The van der Waals surface area contributed by atoms with E-state index in [1.165, 1.54) is 51.4 Å². The number of phosphoric ester groups is 1. The number of hydrogen-bond acceptors (Lipinski definition) is 12. The van der Waals surface area contributed by atoms with E-state index in [4.69, 9.17) is 19.1 Å². The fourth-order valence-electron chi connectivity index (χ4n) is 6.98. The van der Waals surface area contributed by atoms with E-state index < -0.39 is 70.6 Å². The maximum atomic E-state index is 12.6. The summed E-state index contributed by atoms with van der Waals surface area (Å²) in [5.41, 5.74) is 0. The Morgan fingerprint density at radius 3 is 1.96 bits per heavy atom. The molecule has 1 aliphatic carbocycles. The highest BCUT2D eigenvalue weighted by Crippen LogP contribution is 2.43. The molecular formula is C43H79O13P. The van der Waals surface area contributed by atoms with E-state index in [1.54, 1.807) is 12.2 Å². The molecule has 5 N–H and O–H groups in total. The molecule has 1 fully saturated rings. The summed E-state index contributed by atoms with van der Waals surface area (Å²) in [6.45, 7) is 4.34. The fraction of sp³-hybridized carbons (Fsp3) is 0.884. The van der Waals surface area contributed by atoms with Gasteiger partial charge in [-0.15, -0.1) is 0 Å². The Bertz CT molecular complexity index is 1130. The van der Waals surface area contributed by atoms with Gasteiger partial charge in [0.2, 0.25) is 0 Å². The Kier molecular flexibility index (Phi) is 30.9. The van der Waals surface area contributed by atoms with Gasteiger partial charge in [0.25, 0.3) is 0 Å². The minimum atomic E-state index is -4.67. The van der Waals surface area contributed by atoms with Crippen LogP contribution in [0.4, 0.5) is 0 Å². The molecule has 57 heavy (non-hydrogen) atoms. The van der Waals surface area contributed by atoms with Crippen LogP contribution in [0.3, 0.4) is 0 Å². The minimum Gasteiger partial charge on any atom is -0.462 e. The first kappa shape index (κ1) is 53.3. The molecule has 14 heteroatoms. The van der Waals surface area contributed by atoms with Crippen molar-refractivity contribution in [2.45, 2.75) is 199 Å². The number of hydrogen-bond donors (Lipinski definition) is 5. The molecule has 0 saturated heterocycles. The molecule has 0 aromatic heterocycles. The molecule has 0 heterocycles. The number of ether oxygens (including phenoxy) is 2. The van der Waals surface area contributed by atoms with Crippen LogP contribution in [0.5, 0.6) is 0 Å². The highest BCUT2D eigenvalue weighted by molar-refractivity contribution is 7.47. The van der Waals surface area contributed by atoms with Crippen molar-refractivity contribution in [2.24, 2.45) is 17.8 Å². The van der Waals surface area contributed by atoms with E-state index in [0.717, 1.165) is 57.3 Å². The summed E-state index contributed by atoms with van der Waals surface area (Å²) in [7, 11) is -4.67. The van der Waals surface area contributed by atoms with Gasteiger partial charge in [0.1, 0.15) is 18.5 Å². The number of phosphoric acid groups is 1. The first-order valence-corrected chi connectivity index (χ1v) is 23.6. The van der Waals surface area contributed by atoms with Crippen LogP contribution in [-0.4, -0.2) is 93.9 Å². The van der Waals surface area contributed by atoms with Crippen molar-refractivity contribution < 1.29 is 62.8 Å². The Hall–Kier alpha value is -1.70. The van der Waals surface area contributed by atoms with E-state index in [2.05, 4.69) is 25.3 Å². The van der Waals surface area contributed by atoms with Crippen LogP contribution in [0.15, 0.2) is 12.2 Å². The number of rotatable bonds is 37. The molecule has 0 spiro atoms. The molecule has 0 bridgehead atoms. The Labute approximate surface area is 343 Å². The van der Waals surface area contributed by atoms with Gasteiger partial charge in [-0.3, -0.25) is 23.4 Å². The Morgan fingerprint density at radius 2 is 1.35 bits per heavy atom. The fourth-order valence-corrected chi connectivity index (χ4v) is 7.77. The van der Waals surface area contributed by atoms with Gasteiger partial charge in [-0.1, -0.05) is 142 Å². The molecular weight excluding hydrogens is 755 g/mol. The zero-order valence-electron chi connectivity index (χ0n) is 35.4. The van der Waals surface area contributed by atoms with Gasteiger partial charge in [0.05, 0.1) is 32.0 Å². The van der Waals surface area contributed by atoms with Crippen LogP contribution in [0.1, 0.15) is 175 Å². The van der Waals surface area contributed by atoms with Crippen molar-refractivity contribution in [3.8, 4) is 0 Å². The van der Waals surface area contributed by atoms with Crippen LogP contribution in [0.25, 0.3) is 0 Å². The second-order valence-electron chi connectivity index (χ2n) is 16.1. The highest BCUT2D eigenvalue weighted by atomic mass is 31.2. The lowest BCUT2D eigenvalue weighted by Crippen LogP contribution is -2.29. The van der Waals surface area contributed by atoms with Gasteiger partial charge in [0.15, 0.2) is 6.10 Å². The molecule has 334 valence electrons. The molecule has 0 radical (unpaired) electrons. The first-order chi connectivity index (χ1) is 27.3. The molecule has 0 aromatic carbocycles. The molecule has 0 aliphatic heterocycles. The third kappa shape index (κ3) is 27.6. The second kappa shape index (κ2) is 33.1. The zero-order valence-corrected chi connectivity index (χ0v) is 36.3. The quantitative estimate of drug-likeness (QED) is 0.0174. The second-order valence-corrected chi connectivity index (χ2v) is 17.6. The van der Waals surface area contributed by atoms with Crippen molar-refractivity contribution in [3.05, 3.63) is 12.2 Å². The topological polar surface area (TPSA) is 206 Å². The van der Waals surface area contributed by atoms with Crippen molar-refractivity contribution in [1.29, 1.82) is 0 Å². The average Bonchev–Trinajstić information content (AvgIpc) is 3.46. The number of unbranched alkanes of at least 4 members (excludes halogenated alkanes) is 14. The standard InChI is InChI=1S/C43H79O13P/c1-4-6-17-23-35(45)27-28-39-38(40(47)29-41(39)48)24-19-15-16-20-25-42(49)53-32-37(33-55-57(51,52)54-31-36(46)30-44)56-43(50)26-21-14-12-10-8-7-9-11-13-18-22-34(3)5-2/h27-28,34-39,41,44-46,48H,4-26,29-33H2,1-3H3,(H,51,52)/b28-27+/t34?,35-,36-,37+,38+,39+,41+/m0/s1. The summed E-state index contributed by atoms with van der Waals surface area (Å²) in [6, 6.07) is 0. The normalized spacial score (nSPS) is 20.4. The van der Waals surface area contributed by atoms with Crippen LogP contribution >= 0.6 is 7.82 Å². The van der Waals surface area contributed by atoms with E-state index in [-0.39, 0.29) is 36.9 Å². The lowest BCUT2D eigenvalue weighted by atomic mass is 9.88. The Balaban J connectivity index is 2.44. The summed E-state index contributed by atoms with van der Waals surface area (Å²) in [6.07, 6.45) is 20.8. The van der Waals surface area contributed by atoms with Gasteiger partial charge >= 0.3 is 19.8 Å². The number of carbonyl (C=O) groups excluding carboxylic acids is 3. The summed E-state index contributed by atoms with van der Waals surface area (Å²) >= 11 is 0. The third-order valence-electron chi connectivity index (χ3n) is 10.9. The van der Waals surface area contributed by atoms with Crippen molar-refractivity contribution in [1.82, 2.24) is 0 Å². The lowest BCUT2D eigenvalue weighted by Gasteiger charge is -2.20. The number of aliphatic hydroxyl groups excluding tert-OH is 4. The van der Waals surface area contributed by atoms with Gasteiger partial charge in [0, 0.05) is 31.1 Å². The van der Waals surface area contributed by atoms with Gasteiger partial charge in [-0.25, -0.2) is 4.57 Å². The number of Topliss-reactive ketones (excluding diaryl/α,β-unsaturated/α-hetero) is 1. The largest absolute Gasteiger partial charge is 0.472 e. The molecule has 1 rings (SSSR count). The maximum absolute atomic E-state index is 12.6. The predicted octanol–water partition coefficient (Wildman–Crippen LogP) is 8.06. The van der Waals surface area contributed by atoms with Gasteiger partial charge < -0.3 is 34.8 Å².